The summed E-state index contributed by atoms with van der Waals surface area (Å²) in [6, 6.07) is 12.4. The highest BCUT2D eigenvalue weighted by Crippen LogP contribution is 2.22. The van der Waals surface area contributed by atoms with Crippen LogP contribution in [0.4, 0.5) is 0 Å². The fraction of sp³-hybridized carbons (Fsp3) is 0.304. The van der Waals surface area contributed by atoms with Crippen molar-refractivity contribution >= 4 is 23.4 Å². The number of aryl methyl sites for hydroxylation is 1. The number of rotatable bonds is 4. The number of piperazine rings is 1. The molecule has 1 fully saturated rings. The number of ether oxygens (including phenoxy) is 1. The van der Waals surface area contributed by atoms with Gasteiger partial charge in [-0.1, -0.05) is 23.7 Å². The molecule has 0 bridgehead atoms. The van der Waals surface area contributed by atoms with Crippen molar-refractivity contribution in [2.45, 2.75) is 19.9 Å². The lowest BCUT2D eigenvalue weighted by atomic mass is 10.1. The Kier molecular flexibility index (Phi) is 6.14. The number of hydrogen-bond donors (Lipinski definition) is 0. The van der Waals surface area contributed by atoms with Crippen molar-refractivity contribution in [2.75, 3.05) is 26.7 Å². The molecule has 4 rings (SSSR count). The van der Waals surface area contributed by atoms with Crippen molar-refractivity contribution in [3.05, 3.63) is 70.8 Å². The van der Waals surface area contributed by atoms with Gasteiger partial charge in [-0.25, -0.2) is 9.67 Å². The van der Waals surface area contributed by atoms with Gasteiger partial charge in [0.2, 0.25) is 5.82 Å². The van der Waals surface area contributed by atoms with Crippen molar-refractivity contribution in [3.63, 3.8) is 0 Å². The Morgan fingerprint density at radius 2 is 1.94 bits per heavy atom. The number of hydrogen-bond acceptors (Lipinski definition) is 5. The molecule has 0 aliphatic carbocycles. The van der Waals surface area contributed by atoms with E-state index in [4.69, 9.17) is 16.3 Å². The Hall–Kier alpha value is -3.39. The second kappa shape index (κ2) is 9.00. The third-order valence-corrected chi connectivity index (χ3v) is 5.82. The predicted molar refractivity (Wildman–Crippen MR) is 121 cm³/mol. The molecule has 1 aliphatic heterocycles. The van der Waals surface area contributed by atoms with Gasteiger partial charge in [-0.2, -0.15) is 0 Å². The molecule has 2 heterocycles. The summed E-state index contributed by atoms with van der Waals surface area (Å²) in [4.78, 5) is 33.7. The number of nitrogens with zero attached hydrogens (tertiary/aromatic N) is 5. The monoisotopic (exact) mass is 453 g/mol. The smallest absolute Gasteiger partial charge is 0.293 e. The minimum absolute atomic E-state index is 0.0781. The summed E-state index contributed by atoms with van der Waals surface area (Å²) in [7, 11) is 1.59. The van der Waals surface area contributed by atoms with E-state index in [0.29, 0.717) is 36.0 Å². The fourth-order valence-corrected chi connectivity index (χ4v) is 4.00. The molecule has 0 spiro atoms. The van der Waals surface area contributed by atoms with Crippen LogP contribution in [0.25, 0.3) is 5.69 Å². The third-order valence-electron chi connectivity index (χ3n) is 5.59. The number of carbonyl (C=O) groups is 2. The second-order valence-electron chi connectivity index (χ2n) is 7.78. The van der Waals surface area contributed by atoms with Crippen LogP contribution in [0.1, 0.15) is 33.5 Å². The van der Waals surface area contributed by atoms with E-state index in [1.54, 1.807) is 41.2 Å². The van der Waals surface area contributed by atoms with E-state index in [1.807, 2.05) is 32.0 Å². The molecule has 1 unspecified atom stereocenters. The summed E-state index contributed by atoms with van der Waals surface area (Å²) < 4.78 is 6.86. The molecule has 1 saturated heterocycles. The molecule has 1 aliphatic rings. The van der Waals surface area contributed by atoms with Gasteiger partial charge in [-0.05, 0) is 49.7 Å². The standard InChI is InChI=1S/C23H24ClN5O3/c1-15-7-8-17(11-20(15)32-3)22(30)27-9-10-28(16(2)13-27)23(31)21-25-14-29(26-21)19-6-4-5-18(24)12-19/h4-8,11-12,14,16H,9-10,13H2,1-3H3. The minimum Gasteiger partial charge on any atom is -0.496 e. The van der Waals surface area contributed by atoms with Crippen LogP contribution < -0.4 is 4.74 Å². The van der Waals surface area contributed by atoms with Crippen molar-refractivity contribution in [1.29, 1.82) is 0 Å². The number of carbonyl (C=O) groups excluding carboxylic acids is 2. The zero-order valence-corrected chi connectivity index (χ0v) is 18.9. The summed E-state index contributed by atoms with van der Waals surface area (Å²) in [6.45, 7) is 5.11. The first-order valence-electron chi connectivity index (χ1n) is 10.3. The molecule has 1 aromatic heterocycles. The Labute approximate surface area is 191 Å². The zero-order valence-electron chi connectivity index (χ0n) is 18.2. The highest BCUT2D eigenvalue weighted by Gasteiger charge is 2.32. The molecule has 2 aromatic carbocycles. The first kappa shape index (κ1) is 21.8. The molecular formula is C23H24ClN5O3. The topological polar surface area (TPSA) is 80.6 Å². The lowest BCUT2D eigenvalue weighted by Crippen LogP contribution is -2.55. The molecule has 8 nitrogen and oxygen atoms in total. The maximum atomic E-state index is 13.0. The molecule has 166 valence electrons. The van der Waals surface area contributed by atoms with E-state index in [1.165, 1.54) is 11.0 Å². The quantitative estimate of drug-likeness (QED) is 0.606. The van der Waals surface area contributed by atoms with Crippen LogP contribution in [0, 0.1) is 6.92 Å². The summed E-state index contributed by atoms with van der Waals surface area (Å²) in [5.41, 5.74) is 2.26. The van der Waals surface area contributed by atoms with Gasteiger partial charge in [0.1, 0.15) is 12.1 Å². The van der Waals surface area contributed by atoms with Crippen LogP contribution in [0.3, 0.4) is 0 Å². The maximum absolute atomic E-state index is 13.0. The van der Waals surface area contributed by atoms with Crippen molar-refractivity contribution in [2.24, 2.45) is 0 Å². The summed E-state index contributed by atoms with van der Waals surface area (Å²) >= 11 is 6.04. The Balaban J connectivity index is 1.44. The van der Waals surface area contributed by atoms with E-state index < -0.39 is 0 Å². The second-order valence-corrected chi connectivity index (χ2v) is 8.21. The molecule has 2 amide bonds. The summed E-state index contributed by atoms with van der Waals surface area (Å²) in [5, 5.41) is 4.90. The lowest BCUT2D eigenvalue weighted by molar-refractivity contribution is 0.0407. The average Bonchev–Trinajstić information content (AvgIpc) is 3.29. The molecular weight excluding hydrogens is 430 g/mol. The van der Waals surface area contributed by atoms with E-state index >= 15 is 0 Å². The average molecular weight is 454 g/mol. The van der Waals surface area contributed by atoms with Gasteiger partial charge in [0.05, 0.1) is 12.8 Å². The third kappa shape index (κ3) is 4.31. The SMILES string of the molecule is COc1cc(C(=O)N2CCN(C(=O)c3ncn(-c4cccc(Cl)c4)n3)C(C)C2)ccc1C. The van der Waals surface area contributed by atoms with Gasteiger partial charge in [-0.3, -0.25) is 9.59 Å². The summed E-state index contributed by atoms with van der Waals surface area (Å²) in [6.07, 6.45) is 1.49. The van der Waals surface area contributed by atoms with Crippen molar-refractivity contribution in [1.82, 2.24) is 24.6 Å². The van der Waals surface area contributed by atoms with Crippen LogP contribution in [-0.2, 0) is 0 Å². The van der Waals surface area contributed by atoms with Crippen molar-refractivity contribution < 1.29 is 14.3 Å². The fourth-order valence-electron chi connectivity index (χ4n) is 3.81. The highest BCUT2D eigenvalue weighted by molar-refractivity contribution is 6.30. The zero-order chi connectivity index (χ0) is 22.8. The number of benzene rings is 2. The van der Waals surface area contributed by atoms with Gasteiger partial charge < -0.3 is 14.5 Å². The normalized spacial score (nSPS) is 16.2. The molecule has 32 heavy (non-hydrogen) atoms. The molecule has 0 radical (unpaired) electrons. The van der Waals surface area contributed by atoms with Crippen LogP contribution in [0.5, 0.6) is 5.75 Å². The largest absolute Gasteiger partial charge is 0.496 e. The number of halogens is 1. The first-order chi connectivity index (χ1) is 15.4. The minimum atomic E-state index is -0.262. The number of amides is 2. The summed E-state index contributed by atoms with van der Waals surface area (Å²) in [5.74, 6) is 0.451. The van der Waals surface area contributed by atoms with Gasteiger partial charge in [0, 0.05) is 36.3 Å². The van der Waals surface area contributed by atoms with E-state index in [0.717, 1.165) is 11.3 Å². The molecule has 1 atom stereocenters. The predicted octanol–water partition coefficient (Wildman–Crippen LogP) is 3.22. The van der Waals surface area contributed by atoms with Crippen molar-refractivity contribution in [3.8, 4) is 11.4 Å². The van der Waals surface area contributed by atoms with Gasteiger partial charge >= 0.3 is 0 Å². The van der Waals surface area contributed by atoms with Crippen LogP contribution in [0.15, 0.2) is 48.8 Å². The number of methoxy groups -OCH3 is 1. The first-order valence-corrected chi connectivity index (χ1v) is 10.7. The Morgan fingerprint density at radius 3 is 2.66 bits per heavy atom. The highest BCUT2D eigenvalue weighted by atomic mass is 35.5. The van der Waals surface area contributed by atoms with Crippen LogP contribution in [-0.4, -0.2) is 69.2 Å². The molecule has 0 N–H and O–H groups in total. The molecule has 3 aromatic rings. The van der Waals surface area contributed by atoms with Crippen LogP contribution >= 0.6 is 11.6 Å². The van der Waals surface area contributed by atoms with Gasteiger partial charge in [0.25, 0.3) is 11.8 Å². The molecule has 0 saturated carbocycles. The van der Waals surface area contributed by atoms with E-state index in [2.05, 4.69) is 10.1 Å². The van der Waals surface area contributed by atoms with Gasteiger partial charge in [-0.15, -0.1) is 5.10 Å². The number of aromatic nitrogens is 3. The lowest BCUT2D eigenvalue weighted by Gasteiger charge is -2.39. The Morgan fingerprint density at radius 1 is 1.12 bits per heavy atom. The van der Waals surface area contributed by atoms with Gasteiger partial charge in [0.15, 0.2) is 0 Å². The Bertz CT molecular complexity index is 1160. The van der Waals surface area contributed by atoms with E-state index in [9.17, 15) is 9.59 Å². The molecule has 9 heteroatoms. The van der Waals surface area contributed by atoms with Crippen LogP contribution in [0.2, 0.25) is 5.02 Å². The maximum Gasteiger partial charge on any atom is 0.293 e. The van der Waals surface area contributed by atoms with E-state index in [-0.39, 0.29) is 23.7 Å².